The second-order valence-electron chi connectivity index (χ2n) is 6.59. The van der Waals surface area contributed by atoms with E-state index in [2.05, 4.69) is 15.6 Å². The van der Waals surface area contributed by atoms with Crippen molar-refractivity contribution < 1.29 is 13.2 Å². The van der Waals surface area contributed by atoms with Gasteiger partial charge in [0, 0.05) is 25.5 Å². The molecule has 3 rings (SSSR count). The lowest BCUT2D eigenvalue weighted by Gasteiger charge is -2.16. The molecule has 0 saturated carbocycles. The number of aromatic nitrogens is 1. The van der Waals surface area contributed by atoms with Crippen LogP contribution in [0.4, 0.5) is 11.4 Å². The van der Waals surface area contributed by atoms with Gasteiger partial charge in [-0.15, -0.1) is 11.3 Å². The summed E-state index contributed by atoms with van der Waals surface area (Å²) in [6.45, 7) is 3.70. The predicted molar refractivity (Wildman–Crippen MR) is 113 cm³/mol. The van der Waals surface area contributed by atoms with Crippen LogP contribution >= 0.6 is 11.3 Å². The molecule has 0 radical (unpaired) electrons. The van der Waals surface area contributed by atoms with Crippen LogP contribution in [-0.4, -0.2) is 43.8 Å². The number of fused-ring (bicyclic) bond motifs is 1. The standard InChI is InChI=1S/C19H22N4O3S2/c1-12(20-15-8-9-17-18(11-15)27-13(2)21-17)19(24)22-14-6-5-7-16(10-14)28(25,26)23(3)4/h5-12,20H,1-4H3,(H,22,24)/t12-/m0/s1. The number of benzene rings is 2. The highest BCUT2D eigenvalue weighted by molar-refractivity contribution is 7.89. The number of nitrogens with one attached hydrogen (secondary N) is 2. The average molecular weight is 419 g/mol. The summed E-state index contributed by atoms with van der Waals surface area (Å²) in [5.74, 6) is -0.264. The molecule has 0 aliphatic rings. The molecule has 0 saturated heterocycles. The van der Waals surface area contributed by atoms with Gasteiger partial charge in [-0.3, -0.25) is 4.79 Å². The number of carbonyl (C=O) groups excluding carboxylic acids is 1. The van der Waals surface area contributed by atoms with Crippen molar-refractivity contribution in [2.75, 3.05) is 24.7 Å². The summed E-state index contributed by atoms with van der Waals surface area (Å²) in [5.41, 5.74) is 2.18. The molecule has 0 aliphatic carbocycles. The summed E-state index contributed by atoms with van der Waals surface area (Å²) < 4.78 is 26.7. The molecule has 1 amide bonds. The average Bonchev–Trinajstić information content (AvgIpc) is 3.01. The summed E-state index contributed by atoms with van der Waals surface area (Å²) in [4.78, 5) is 17.1. The van der Waals surface area contributed by atoms with E-state index in [0.29, 0.717) is 5.69 Å². The summed E-state index contributed by atoms with van der Waals surface area (Å²) in [6, 6.07) is 11.5. The van der Waals surface area contributed by atoms with E-state index in [1.165, 1.54) is 26.2 Å². The first-order chi connectivity index (χ1) is 13.2. The Bertz CT molecular complexity index is 1120. The Morgan fingerprint density at radius 1 is 1.14 bits per heavy atom. The number of thiazole rings is 1. The van der Waals surface area contributed by atoms with Crippen molar-refractivity contribution in [3.8, 4) is 0 Å². The lowest BCUT2D eigenvalue weighted by Crippen LogP contribution is -2.32. The zero-order valence-electron chi connectivity index (χ0n) is 16.1. The molecule has 2 N–H and O–H groups in total. The zero-order valence-corrected chi connectivity index (χ0v) is 17.7. The lowest BCUT2D eigenvalue weighted by molar-refractivity contribution is -0.116. The Labute approximate surface area is 168 Å². The smallest absolute Gasteiger partial charge is 0.246 e. The van der Waals surface area contributed by atoms with Gasteiger partial charge in [-0.2, -0.15) is 0 Å². The maximum atomic E-state index is 12.5. The minimum Gasteiger partial charge on any atom is -0.374 e. The van der Waals surface area contributed by atoms with Gasteiger partial charge in [-0.05, 0) is 50.2 Å². The van der Waals surface area contributed by atoms with Crippen LogP contribution in [-0.2, 0) is 14.8 Å². The molecule has 0 spiro atoms. The number of hydrogen-bond acceptors (Lipinski definition) is 6. The second-order valence-corrected chi connectivity index (χ2v) is 9.97. The van der Waals surface area contributed by atoms with Gasteiger partial charge in [0.25, 0.3) is 0 Å². The van der Waals surface area contributed by atoms with E-state index in [1.54, 1.807) is 30.4 Å². The Morgan fingerprint density at radius 3 is 2.61 bits per heavy atom. The molecular formula is C19H22N4O3S2. The molecular weight excluding hydrogens is 396 g/mol. The largest absolute Gasteiger partial charge is 0.374 e. The molecule has 2 aromatic carbocycles. The fourth-order valence-corrected chi connectivity index (χ4v) is 4.46. The normalized spacial score (nSPS) is 12.9. The summed E-state index contributed by atoms with van der Waals surface area (Å²) in [6.07, 6.45) is 0. The van der Waals surface area contributed by atoms with Crippen molar-refractivity contribution in [2.45, 2.75) is 24.8 Å². The van der Waals surface area contributed by atoms with E-state index in [0.717, 1.165) is 25.2 Å². The van der Waals surface area contributed by atoms with Gasteiger partial charge in [-0.25, -0.2) is 17.7 Å². The predicted octanol–water partition coefficient (Wildman–Crippen LogP) is 3.29. The highest BCUT2D eigenvalue weighted by Crippen LogP contribution is 2.25. The molecule has 0 fully saturated rings. The van der Waals surface area contributed by atoms with Crippen LogP contribution in [0, 0.1) is 6.92 Å². The second kappa shape index (κ2) is 7.86. The number of carbonyl (C=O) groups is 1. The quantitative estimate of drug-likeness (QED) is 0.641. The van der Waals surface area contributed by atoms with Crippen molar-refractivity contribution in [2.24, 2.45) is 0 Å². The van der Waals surface area contributed by atoms with Gasteiger partial charge in [0.05, 0.1) is 20.1 Å². The first kappa shape index (κ1) is 20.2. The number of anilines is 2. The molecule has 0 aliphatic heterocycles. The highest BCUT2D eigenvalue weighted by atomic mass is 32.2. The monoisotopic (exact) mass is 418 g/mol. The first-order valence-electron chi connectivity index (χ1n) is 8.64. The fraction of sp³-hybridized carbons (Fsp3) is 0.263. The Kier molecular flexibility index (Phi) is 5.69. The molecule has 9 heteroatoms. The zero-order chi connectivity index (χ0) is 20.5. The minimum absolute atomic E-state index is 0.127. The van der Waals surface area contributed by atoms with Crippen LogP contribution in [0.3, 0.4) is 0 Å². The van der Waals surface area contributed by atoms with Gasteiger partial charge >= 0.3 is 0 Å². The van der Waals surface area contributed by atoms with E-state index in [9.17, 15) is 13.2 Å². The molecule has 7 nitrogen and oxygen atoms in total. The summed E-state index contributed by atoms with van der Waals surface area (Å²) in [5, 5.41) is 6.92. The SMILES string of the molecule is Cc1nc2ccc(N[C@@H](C)C(=O)Nc3cccc(S(=O)(=O)N(C)C)c3)cc2s1. The Balaban J connectivity index is 1.71. The maximum Gasteiger partial charge on any atom is 0.246 e. The van der Waals surface area contributed by atoms with Gasteiger partial charge in [0.2, 0.25) is 15.9 Å². The van der Waals surface area contributed by atoms with E-state index < -0.39 is 16.1 Å². The third-order valence-electron chi connectivity index (χ3n) is 4.15. The maximum absolute atomic E-state index is 12.5. The first-order valence-corrected chi connectivity index (χ1v) is 10.9. The van der Waals surface area contributed by atoms with Gasteiger partial charge in [-0.1, -0.05) is 6.07 Å². The van der Waals surface area contributed by atoms with Gasteiger partial charge in [0.15, 0.2) is 0 Å². The van der Waals surface area contributed by atoms with Crippen LogP contribution in [0.25, 0.3) is 10.2 Å². The Morgan fingerprint density at radius 2 is 1.89 bits per heavy atom. The number of amides is 1. The van der Waals surface area contributed by atoms with Gasteiger partial charge in [0.1, 0.15) is 6.04 Å². The minimum atomic E-state index is -3.56. The molecule has 1 atom stereocenters. The Hall–Kier alpha value is -2.49. The van der Waals surface area contributed by atoms with Crippen molar-refractivity contribution in [1.29, 1.82) is 0 Å². The third kappa shape index (κ3) is 4.32. The molecule has 0 bridgehead atoms. The van der Waals surface area contributed by atoms with E-state index >= 15 is 0 Å². The number of nitrogens with zero attached hydrogens (tertiary/aromatic N) is 2. The van der Waals surface area contributed by atoms with Crippen LogP contribution in [0.1, 0.15) is 11.9 Å². The van der Waals surface area contributed by atoms with Crippen molar-refractivity contribution in [1.82, 2.24) is 9.29 Å². The van der Waals surface area contributed by atoms with Crippen molar-refractivity contribution in [3.63, 3.8) is 0 Å². The molecule has 1 heterocycles. The molecule has 1 aromatic heterocycles. The fourth-order valence-electron chi connectivity index (χ4n) is 2.64. The highest BCUT2D eigenvalue weighted by Gasteiger charge is 2.19. The number of rotatable bonds is 6. The number of hydrogen-bond donors (Lipinski definition) is 2. The number of sulfonamides is 1. The van der Waals surface area contributed by atoms with Crippen molar-refractivity contribution >= 4 is 48.9 Å². The number of aryl methyl sites for hydroxylation is 1. The van der Waals surface area contributed by atoms with E-state index in [1.807, 2.05) is 25.1 Å². The molecule has 28 heavy (non-hydrogen) atoms. The van der Waals surface area contributed by atoms with Crippen LogP contribution in [0.5, 0.6) is 0 Å². The van der Waals surface area contributed by atoms with Crippen LogP contribution < -0.4 is 10.6 Å². The van der Waals surface area contributed by atoms with Crippen LogP contribution in [0.15, 0.2) is 47.4 Å². The van der Waals surface area contributed by atoms with Crippen molar-refractivity contribution in [3.05, 3.63) is 47.5 Å². The van der Waals surface area contributed by atoms with Gasteiger partial charge < -0.3 is 10.6 Å². The van der Waals surface area contributed by atoms with E-state index in [-0.39, 0.29) is 10.8 Å². The molecule has 148 valence electrons. The lowest BCUT2D eigenvalue weighted by atomic mass is 10.2. The summed E-state index contributed by atoms with van der Waals surface area (Å²) in [7, 11) is -0.629. The third-order valence-corrected chi connectivity index (χ3v) is 6.90. The molecule has 3 aromatic rings. The van der Waals surface area contributed by atoms with E-state index in [4.69, 9.17) is 0 Å². The topological polar surface area (TPSA) is 91.4 Å². The summed E-state index contributed by atoms with van der Waals surface area (Å²) >= 11 is 1.60. The van der Waals surface area contributed by atoms with Crippen LogP contribution in [0.2, 0.25) is 0 Å². The molecule has 0 unspecified atom stereocenters.